The Kier molecular flexibility index (Phi) is 10.4. The molecule has 8 N–H and O–H groups in total. The Labute approximate surface area is 285 Å². The smallest absolute Gasteiger partial charge is 0.333 e. The number of terminal acetylenes is 2. The summed E-state index contributed by atoms with van der Waals surface area (Å²) >= 11 is 0. The van der Waals surface area contributed by atoms with Crippen LogP contribution in [0.15, 0.2) is 19.2 Å². The van der Waals surface area contributed by atoms with E-state index in [-0.39, 0.29) is 71.4 Å². The third-order valence-corrected chi connectivity index (χ3v) is 9.17. The van der Waals surface area contributed by atoms with Gasteiger partial charge in [-0.2, -0.15) is 9.97 Å². The molecule has 2 fully saturated rings. The summed E-state index contributed by atoms with van der Waals surface area (Å²) in [5, 5.41) is 20.1. The van der Waals surface area contributed by atoms with Gasteiger partial charge in [-0.1, -0.05) is 39.5 Å². The fourth-order valence-corrected chi connectivity index (χ4v) is 6.69. The molecule has 2 aliphatic rings. The number of nitrogens with one attached hydrogen (secondary N) is 2. The molecule has 0 spiro atoms. The first-order valence-electron chi connectivity index (χ1n) is 16.3. The molecule has 0 amide bonds. The van der Waals surface area contributed by atoms with Crippen molar-refractivity contribution in [3.63, 3.8) is 0 Å². The summed E-state index contributed by atoms with van der Waals surface area (Å²) in [5.41, 5.74) is 9.63. The lowest BCUT2D eigenvalue weighted by atomic mass is 10.0. The quantitative estimate of drug-likeness (QED) is 0.129. The predicted octanol–water partition coefficient (Wildman–Crippen LogP) is -0.408. The zero-order valence-electron chi connectivity index (χ0n) is 28.2. The van der Waals surface area contributed by atoms with Gasteiger partial charge in [-0.15, -0.1) is 12.8 Å². The van der Waals surface area contributed by atoms with Crippen LogP contribution < -0.4 is 34.0 Å². The van der Waals surface area contributed by atoms with Gasteiger partial charge in [-0.05, 0) is 25.7 Å². The summed E-state index contributed by atoms with van der Waals surface area (Å²) in [6.45, 7) is 7.41. The van der Waals surface area contributed by atoms with E-state index in [4.69, 9.17) is 33.8 Å². The molecule has 50 heavy (non-hydrogen) atoms. The first-order chi connectivity index (χ1) is 23.8. The van der Waals surface area contributed by atoms with Crippen molar-refractivity contribution in [2.45, 2.75) is 103 Å². The summed E-state index contributed by atoms with van der Waals surface area (Å²) in [7, 11) is 0. The maximum Gasteiger partial charge on any atom is 0.333 e. The molecule has 18 heteroatoms. The standard InChI is InChI=1S/2C16H21N5O4/c2*1-4-6-20-11-12(18-15(17)19-13(11)23)21(16(20)24)14-8(3)7-10(25-14)9(22)5-2/h2*1,8-10,14,22H,5-7H2,2-3H3,(H3,17,18,19,23)/t2*8-,9+,10+,14-/m11/s1. The molecule has 4 aromatic heterocycles. The number of aromatic nitrogens is 8. The molecule has 18 nitrogen and oxygen atoms in total. The number of imidazole rings is 2. The number of nitrogens with zero attached hydrogens (tertiary/aromatic N) is 6. The van der Waals surface area contributed by atoms with E-state index >= 15 is 0 Å². The van der Waals surface area contributed by atoms with Crippen molar-refractivity contribution in [3.05, 3.63) is 41.7 Å². The van der Waals surface area contributed by atoms with Gasteiger partial charge in [0.2, 0.25) is 11.9 Å². The van der Waals surface area contributed by atoms with E-state index < -0.39 is 47.2 Å². The van der Waals surface area contributed by atoms with Gasteiger partial charge in [0.1, 0.15) is 12.5 Å². The van der Waals surface area contributed by atoms with Crippen molar-refractivity contribution in [2.75, 3.05) is 11.5 Å². The lowest BCUT2D eigenvalue weighted by Crippen LogP contribution is -2.31. The minimum Gasteiger partial charge on any atom is -0.390 e. The van der Waals surface area contributed by atoms with Crippen molar-refractivity contribution in [1.29, 1.82) is 0 Å². The minimum absolute atomic E-state index is 0.0592. The molecule has 0 aromatic carbocycles. The van der Waals surface area contributed by atoms with Crippen LogP contribution in [0.3, 0.4) is 0 Å². The van der Waals surface area contributed by atoms with Crippen molar-refractivity contribution in [3.8, 4) is 24.7 Å². The molecule has 2 aliphatic heterocycles. The molecule has 0 bridgehead atoms. The van der Waals surface area contributed by atoms with E-state index in [1.165, 1.54) is 18.3 Å². The fraction of sp³-hybridized carbons (Fsp3) is 0.562. The number of nitrogens with two attached hydrogens (primary N) is 2. The van der Waals surface area contributed by atoms with Gasteiger partial charge >= 0.3 is 11.4 Å². The second-order valence-electron chi connectivity index (χ2n) is 12.6. The Balaban J connectivity index is 0.000000194. The maximum absolute atomic E-state index is 12.9. The SMILES string of the molecule is C#CCn1c(=O)n([C@@H]2O[C@H]([C@@H](O)CC)C[C@H]2C)c2nc(N)[nH]c(=O)c21.C#CCn1c(=O)n([C@@H]2O[C@H]([C@@H](O)CC)C[C@H]2C)c2nc(N)[nH]c(=O)c21. The number of nitrogen functional groups attached to an aromatic ring is 2. The molecule has 8 atom stereocenters. The average molecular weight is 695 g/mol. The number of fused-ring (bicyclic) bond motifs is 2. The Morgan fingerprint density at radius 2 is 1.14 bits per heavy atom. The van der Waals surface area contributed by atoms with E-state index in [1.807, 2.05) is 27.7 Å². The highest BCUT2D eigenvalue weighted by molar-refractivity contribution is 5.72. The van der Waals surface area contributed by atoms with Gasteiger partial charge in [-0.3, -0.25) is 28.7 Å². The topological polar surface area (TPSA) is 256 Å². The van der Waals surface area contributed by atoms with Crippen LogP contribution in [0.1, 0.15) is 65.8 Å². The Morgan fingerprint density at radius 1 is 0.780 bits per heavy atom. The van der Waals surface area contributed by atoms with Gasteiger partial charge in [0.15, 0.2) is 22.3 Å². The molecule has 2 saturated heterocycles. The first-order valence-corrected chi connectivity index (χ1v) is 16.3. The molecule has 0 saturated carbocycles. The summed E-state index contributed by atoms with van der Waals surface area (Å²) in [4.78, 5) is 63.3. The van der Waals surface area contributed by atoms with Crippen molar-refractivity contribution >= 4 is 34.2 Å². The monoisotopic (exact) mass is 694 g/mol. The van der Waals surface area contributed by atoms with E-state index in [0.717, 1.165) is 0 Å². The summed E-state index contributed by atoms with van der Waals surface area (Å²) in [5.74, 6) is 4.42. The predicted molar refractivity (Wildman–Crippen MR) is 184 cm³/mol. The molecular weight excluding hydrogens is 652 g/mol. The van der Waals surface area contributed by atoms with Crippen LogP contribution in [0.2, 0.25) is 0 Å². The van der Waals surface area contributed by atoms with Gasteiger partial charge < -0.3 is 31.2 Å². The molecule has 0 aliphatic carbocycles. The molecule has 4 aromatic rings. The Morgan fingerprint density at radius 3 is 1.46 bits per heavy atom. The molecule has 0 radical (unpaired) electrons. The normalized spacial score (nSPS) is 24.5. The largest absolute Gasteiger partial charge is 0.390 e. The van der Waals surface area contributed by atoms with Crippen molar-refractivity contribution < 1.29 is 19.7 Å². The lowest BCUT2D eigenvalue weighted by molar-refractivity contribution is -0.0650. The highest BCUT2D eigenvalue weighted by Gasteiger charge is 2.40. The zero-order chi connectivity index (χ0) is 36.6. The first kappa shape index (κ1) is 36.1. The molecule has 268 valence electrons. The van der Waals surface area contributed by atoms with Crippen LogP contribution in [0.5, 0.6) is 0 Å². The summed E-state index contributed by atoms with van der Waals surface area (Å²) in [6, 6.07) is 0. The number of rotatable bonds is 8. The number of hydrogen-bond acceptors (Lipinski definition) is 12. The van der Waals surface area contributed by atoms with Crippen LogP contribution in [-0.4, -0.2) is 72.8 Å². The lowest BCUT2D eigenvalue weighted by Gasteiger charge is -2.19. The van der Waals surface area contributed by atoms with Gasteiger partial charge in [0, 0.05) is 11.8 Å². The molecule has 6 rings (SSSR count). The van der Waals surface area contributed by atoms with Crippen molar-refractivity contribution in [2.24, 2.45) is 11.8 Å². The number of aromatic amines is 2. The number of aliphatic hydroxyl groups is 2. The fourth-order valence-electron chi connectivity index (χ4n) is 6.69. The average Bonchev–Trinajstić information content (AvgIpc) is 3.78. The Bertz CT molecular complexity index is 2060. The van der Waals surface area contributed by atoms with E-state index in [0.29, 0.717) is 25.7 Å². The summed E-state index contributed by atoms with van der Waals surface area (Å²) < 4.78 is 16.8. The molecule has 6 heterocycles. The highest BCUT2D eigenvalue weighted by atomic mass is 16.5. The maximum atomic E-state index is 12.9. The molecule has 0 unspecified atom stereocenters. The van der Waals surface area contributed by atoms with Crippen LogP contribution in [0, 0.1) is 36.5 Å². The second-order valence-corrected chi connectivity index (χ2v) is 12.6. The zero-order valence-corrected chi connectivity index (χ0v) is 28.2. The third-order valence-electron chi connectivity index (χ3n) is 9.17. The van der Waals surface area contributed by atoms with Gasteiger partial charge in [0.05, 0.1) is 37.5 Å². The van der Waals surface area contributed by atoms with Crippen LogP contribution in [0.25, 0.3) is 22.3 Å². The number of H-pyrrole nitrogens is 2. The van der Waals surface area contributed by atoms with E-state index in [1.54, 1.807) is 0 Å². The molecular formula is C32H42N10O8. The number of anilines is 2. The number of ether oxygens (including phenoxy) is 2. The van der Waals surface area contributed by atoms with Crippen LogP contribution in [-0.2, 0) is 22.6 Å². The van der Waals surface area contributed by atoms with Crippen LogP contribution >= 0.6 is 0 Å². The Hall–Kier alpha value is -5.14. The minimum atomic E-state index is -0.658. The third kappa shape index (κ3) is 6.34. The highest BCUT2D eigenvalue weighted by Crippen LogP contribution is 2.37. The van der Waals surface area contributed by atoms with E-state index in [2.05, 4.69) is 31.8 Å². The van der Waals surface area contributed by atoms with Crippen molar-refractivity contribution in [1.82, 2.24) is 38.2 Å². The summed E-state index contributed by atoms with van der Waals surface area (Å²) in [6.07, 6.45) is 9.59. The van der Waals surface area contributed by atoms with Gasteiger partial charge in [0.25, 0.3) is 11.1 Å². The van der Waals surface area contributed by atoms with Gasteiger partial charge in [-0.25, -0.2) is 18.7 Å². The van der Waals surface area contributed by atoms with Crippen LogP contribution in [0.4, 0.5) is 11.9 Å². The second kappa shape index (κ2) is 14.4. The number of hydrogen-bond donors (Lipinski definition) is 6. The number of aliphatic hydroxyl groups excluding tert-OH is 2. The van der Waals surface area contributed by atoms with E-state index in [9.17, 15) is 29.4 Å².